The number of alkyl halides is 3. The molecule has 6 nitrogen and oxygen atoms in total. The zero-order valence-corrected chi connectivity index (χ0v) is 19.3. The topological polar surface area (TPSA) is 91.8 Å². The summed E-state index contributed by atoms with van der Waals surface area (Å²) in [6.45, 7) is -0.500. The second-order valence-electron chi connectivity index (χ2n) is 8.65. The third-order valence-electron chi connectivity index (χ3n) is 6.76. The van der Waals surface area contributed by atoms with Gasteiger partial charge in [-0.05, 0) is 49.1 Å². The molecule has 0 aromatic heterocycles. The number of aliphatic carboxylic acids is 1. The fourth-order valence-corrected chi connectivity index (χ4v) is 6.85. The number of hydrogen-bond acceptors (Lipinski definition) is 4. The van der Waals surface area contributed by atoms with Crippen LogP contribution in [0.4, 0.5) is 13.2 Å². The van der Waals surface area contributed by atoms with Gasteiger partial charge >= 0.3 is 12.1 Å². The summed E-state index contributed by atoms with van der Waals surface area (Å²) in [5.41, 5.74) is -1.69. The van der Waals surface area contributed by atoms with E-state index in [1.54, 1.807) is 24.3 Å². The number of halogens is 4. The second-order valence-corrected chi connectivity index (χ2v) is 11.3. The van der Waals surface area contributed by atoms with Crippen molar-refractivity contribution in [1.82, 2.24) is 4.90 Å². The molecule has 2 aliphatic rings. The minimum Gasteiger partial charge on any atom is -0.480 e. The largest absolute Gasteiger partial charge is 0.480 e. The van der Waals surface area contributed by atoms with Crippen molar-refractivity contribution in [2.24, 2.45) is 0 Å². The Morgan fingerprint density at radius 3 is 2.21 bits per heavy atom. The number of amides is 1. The number of carboxylic acid groups (broad SMARTS) is 1. The van der Waals surface area contributed by atoms with Gasteiger partial charge < -0.3 is 10.0 Å². The van der Waals surface area contributed by atoms with Gasteiger partial charge in [0.05, 0.1) is 21.1 Å². The summed E-state index contributed by atoms with van der Waals surface area (Å²) < 4.78 is 66.9. The first-order valence-corrected chi connectivity index (χ1v) is 12.5. The van der Waals surface area contributed by atoms with E-state index in [4.69, 9.17) is 11.6 Å². The van der Waals surface area contributed by atoms with Crippen LogP contribution in [0.3, 0.4) is 0 Å². The van der Waals surface area contributed by atoms with Crippen molar-refractivity contribution in [3.63, 3.8) is 0 Å². The van der Waals surface area contributed by atoms with E-state index >= 15 is 0 Å². The number of nitrogens with zero attached hydrogens (tertiary/aromatic N) is 1. The first kappa shape index (κ1) is 24.5. The highest BCUT2D eigenvalue weighted by molar-refractivity contribution is 7.92. The zero-order valence-electron chi connectivity index (χ0n) is 17.8. The molecule has 11 heteroatoms. The number of benzene rings is 2. The van der Waals surface area contributed by atoms with E-state index in [1.165, 1.54) is 6.07 Å². The summed E-state index contributed by atoms with van der Waals surface area (Å²) >= 11 is 5.95. The van der Waals surface area contributed by atoms with Gasteiger partial charge in [-0.15, -0.1) is 0 Å². The molecule has 34 heavy (non-hydrogen) atoms. The molecule has 1 saturated heterocycles. The molecule has 1 heterocycles. The molecule has 1 aliphatic heterocycles. The lowest BCUT2D eigenvalue weighted by Crippen LogP contribution is -2.54. The fraction of sp³-hybridized carbons (Fsp3) is 0.391. The summed E-state index contributed by atoms with van der Waals surface area (Å²) in [4.78, 5) is 25.7. The van der Waals surface area contributed by atoms with E-state index in [1.807, 2.05) is 0 Å². The number of sulfone groups is 1. The summed E-state index contributed by atoms with van der Waals surface area (Å²) in [5.74, 6) is -1.93. The molecule has 1 N–H and O–H groups in total. The van der Waals surface area contributed by atoms with Crippen LogP contribution in [-0.4, -0.2) is 48.1 Å². The molecule has 1 aliphatic carbocycles. The predicted octanol–water partition coefficient (Wildman–Crippen LogP) is 4.31. The summed E-state index contributed by atoms with van der Waals surface area (Å²) in [5, 5.41) is 8.73. The number of likely N-dealkylation sites (tertiary alicyclic amines) is 1. The molecule has 0 radical (unpaired) electrons. The highest BCUT2D eigenvalue weighted by atomic mass is 35.5. The molecule has 2 aromatic rings. The van der Waals surface area contributed by atoms with Crippen LogP contribution < -0.4 is 0 Å². The van der Waals surface area contributed by atoms with Crippen LogP contribution >= 0.6 is 11.6 Å². The lowest BCUT2D eigenvalue weighted by Gasteiger charge is -2.44. The van der Waals surface area contributed by atoms with Gasteiger partial charge in [-0.3, -0.25) is 4.79 Å². The summed E-state index contributed by atoms with van der Waals surface area (Å²) in [6.07, 6.45) is -3.78. The molecular weight excluding hydrogens is 495 g/mol. The Kier molecular flexibility index (Phi) is 6.18. The Hall–Kier alpha value is -2.59. The molecular formula is C23H21ClF3NO5S. The van der Waals surface area contributed by atoms with E-state index < -0.39 is 68.0 Å². The van der Waals surface area contributed by atoms with Crippen molar-refractivity contribution >= 4 is 33.3 Å². The molecule has 4 rings (SSSR count). The van der Waals surface area contributed by atoms with Crippen LogP contribution in [0.2, 0.25) is 5.02 Å². The zero-order chi connectivity index (χ0) is 24.9. The fourth-order valence-electron chi connectivity index (χ4n) is 4.81. The molecule has 1 saturated carbocycles. The van der Waals surface area contributed by atoms with Crippen LogP contribution in [0, 0.1) is 0 Å². The normalized spacial score (nSPS) is 22.3. The van der Waals surface area contributed by atoms with Gasteiger partial charge in [-0.25, -0.2) is 13.2 Å². The number of rotatable bonds is 5. The highest BCUT2D eigenvalue weighted by Crippen LogP contribution is 2.47. The van der Waals surface area contributed by atoms with Crippen LogP contribution in [0.25, 0.3) is 0 Å². The molecule has 182 valence electrons. The molecule has 2 fully saturated rings. The van der Waals surface area contributed by atoms with Crippen LogP contribution in [-0.2, 0) is 31.0 Å². The Morgan fingerprint density at radius 1 is 1.06 bits per heavy atom. The second kappa shape index (κ2) is 8.57. The van der Waals surface area contributed by atoms with Gasteiger partial charge in [0.2, 0.25) is 5.91 Å². The maximum atomic E-state index is 13.6. The van der Waals surface area contributed by atoms with E-state index in [9.17, 15) is 36.3 Å². The molecule has 0 unspecified atom stereocenters. The minimum absolute atomic E-state index is 0.449. The minimum atomic E-state index is -4.91. The van der Waals surface area contributed by atoms with Crippen LogP contribution in [0.15, 0.2) is 53.4 Å². The van der Waals surface area contributed by atoms with Crippen molar-refractivity contribution < 1.29 is 36.3 Å². The van der Waals surface area contributed by atoms with E-state index in [0.29, 0.717) is 29.5 Å². The first-order valence-electron chi connectivity index (χ1n) is 10.6. The van der Waals surface area contributed by atoms with Crippen molar-refractivity contribution in [2.75, 3.05) is 6.54 Å². The SMILES string of the molecule is O=C(O)[C@@H]1C[C@@H](S(=O)(=O)c2ccccc2C(F)(F)F)CN1C(=O)C1(c2ccc(Cl)cc2)CCC1. The first-order chi connectivity index (χ1) is 15.9. The quantitative estimate of drug-likeness (QED) is 0.641. The number of carbonyl (C=O) groups is 2. The van der Waals surface area contributed by atoms with Gasteiger partial charge in [0, 0.05) is 11.6 Å². The smallest absolute Gasteiger partial charge is 0.417 e. The van der Waals surface area contributed by atoms with Gasteiger partial charge in [-0.1, -0.05) is 42.3 Å². The highest BCUT2D eigenvalue weighted by Gasteiger charge is 2.54. The number of carbonyl (C=O) groups excluding carboxylic acids is 1. The lowest BCUT2D eigenvalue weighted by atomic mass is 9.63. The van der Waals surface area contributed by atoms with Crippen LogP contribution in [0.5, 0.6) is 0 Å². The monoisotopic (exact) mass is 515 g/mol. The Morgan fingerprint density at radius 2 is 1.68 bits per heavy atom. The van der Waals surface area contributed by atoms with E-state index in [2.05, 4.69) is 0 Å². The van der Waals surface area contributed by atoms with Crippen molar-refractivity contribution in [1.29, 1.82) is 0 Å². The van der Waals surface area contributed by atoms with Crippen molar-refractivity contribution in [2.45, 2.75) is 53.5 Å². The van der Waals surface area contributed by atoms with Crippen molar-refractivity contribution in [3.05, 3.63) is 64.7 Å². The number of carboxylic acids is 1. The van der Waals surface area contributed by atoms with E-state index in [-0.39, 0.29) is 0 Å². The third-order valence-corrected chi connectivity index (χ3v) is 9.20. The number of hydrogen-bond donors (Lipinski definition) is 1. The summed E-state index contributed by atoms with van der Waals surface area (Å²) in [7, 11) is -4.58. The van der Waals surface area contributed by atoms with Crippen molar-refractivity contribution in [3.8, 4) is 0 Å². The third kappa shape index (κ3) is 4.07. The molecule has 0 bridgehead atoms. The van der Waals surface area contributed by atoms with Gasteiger partial charge in [0.25, 0.3) is 0 Å². The maximum absolute atomic E-state index is 13.6. The maximum Gasteiger partial charge on any atom is 0.417 e. The standard InChI is InChI=1S/C23H21ClF3NO5S/c24-15-8-6-14(7-9-15)22(10-3-11-22)21(31)28-13-16(12-18(28)20(29)30)34(32,33)19-5-2-1-4-17(19)23(25,26)27/h1-2,4-9,16,18H,3,10-13H2,(H,29,30)/t16-,18+/m1/s1. The molecule has 0 spiro atoms. The molecule has 2 atom stereocenters. The van der Waals surface area contributed by atoms with Gasteiger partial charge in [0.1, 0.15) is 6.04 Å². The van der Waals surface area contributed by atoms with Gasteiger partial charge in [-0.2, -0.15) is 13.2 Å². The average Bonchev–Trinajstić information content (AvgIpc) is 3.20. The average molecular weight is 516 g/mol. The van der Waals surface area contributed by atoms with Gasteiger partial charge in [0.15, 0.2) is 9.84 Å². The predicted molar refractivity (Wildman–Crippen MR) is 117 cm³/mol. The molecule has 2 aromatic carbocycles. The van der Waals surface area contributed by atoms with Crippen LogP contribution in [0.1, 0.15) is 36.8 Å². The Bertz CT molecular complexity index is 1230. The van der Waals surface area contributed by atoms with E-state index in [0.717, 1.165) is 23.5 Å². The summed E-state index contributed by atoms with van der Waals surface area (Å²) in [6, 6.07) is 8.92. The Labute approximate surface area is 199 Å². The molecule has 1 amide bonds. The lowest BCUT2D eigenvalue weighted by molar-refractivity contribution is -0.152. The Balaban J connectivity index is 1.70.